The molecular weight excluding hydrogens is 188 g/mol. The van der Waals surface area contributed by atoms with Gasteiger partial charge in [0.15, 0.2) is 0 Å². The number of nitrogens with one attached hydrogen (secondary N) is 2. The smallest absolute Gasteiger partial charge is 0.121 e. The Hall–Kier alpha value is -1.38. The highest BCUT2D eigenvalue weighted by molar-refractivity contribution is 5.70. The fourth-order valence-corrected chi connectivity index (χ4v) is 1.41. The van der Waals surface area contributed by atoms with Gasteiger partial charge in [0.25, 0.3) is 0 Å². The molecule has 0 amide bonds. The molecule has 0 spiro atoms. The lowest BCUT2D eigenvalue weighted by Gasteiger charge is -2.12. The van der Waals surface area contributed by atoms with E-state index in [1.807, 2.05) is 25.2 Å². The molecule has 15 heavy (non-hydrogen) atoms. The Kier molecular flexibility index (Phi) is 4.81. The maximum absolute atomic E-state index is 5.17. The molecule has 0 fully saturated rings. The molecule has 1 rings (SSSR count). The Balaban J connectivity index is 2.69. The number of methoxy groups -OCH3 is 1. The van der Waals surface area contributed by atoms with Crippen LogP contribution in [0.5, 0.6) is 5.75 Å². The number of hydrogen-bond acceptors (Lipinski definition) is 3. The summed E-state index contributed by atoms with van der Waals surface area (Å²) in [6, 6.07) is 6.00. The fraction of sp³-hybridized carbons (Fsp3) is 0.500. The summed E-state index contributed by atoms with van der Waals surface area (Å²) in [4.78, 5) is 0. The number of hydrogen-bond donors (Lipinski definition) is 2. The molecule has 0 unspecified atom stereocenters. The predicted molar refractivity (Wildman–Crippen MR) is 65.9 cm³/mol. The lowest BCUT2D eigenvalue weighted by atomic mass is 10.2. The van der Waals surface area contributed by atoms with E-state index in [1.54, 1.807) is 7.11 Å². The monoisotopic (exact) mass is 208 g/mol. The summed E-state index contributed by atoms with van der Waals surface area (Å²) in [5, 5.41) is 6.55. The molecule has 1 aromatic rings. The quantitative estimate of drug-likeness (QED) is 0.705. The van der Waals surface area contributed by atoms with E-state index < -0.39 is 0 Å². The van der Waals surface area contributed by atoms with Gasteiger partial charge in [0, 0.05) is 19.7 Å². The molecule has 0 aromatic heterocycles. The summed E-state index contributed by atoms with van der Waals surface area (Å²) in [5.74, 6) is 0.875. The van der Waals surface area contributed by atoms with Gasteiger partial charge in [-0.1, -0.05) is 13.3 Å². The minimum Gasteiger partial charge on any atom is -0.497 e. The van der Waals surface area contributed by atoms with Crippen molar-refractivity contribution in [1.82, 2.24) is 0 Å². The molecule has 0 atom stereocenters. The summed E-state index contributed by atoms with van der Waals surface area (Å²) < 4.78 is 5.17. The average molecular weight is 208 g/mol. The Labute approximate surface area is 91.8 Å². The molecule has 3 heteroatoms. The van der Waals surface area contributed by atoms with Gasteiger partial charge in [-0.25, -0.2) is 0 Å². The van der Waals surface area contributed by atoms with Crippen LogP contribution >= 0.6 is 0 Å². The van der Waals surface area contributed by atoms with Gasteiger partial charge in [0.05, 0.1) is 18.5 Å². The number of unbranched alkanes of at least 4 members (excludes halogenated alkanes) is 1. The van der Waals surface area contributed by atoms with Gasteiger partial charge < -0.3 is 15.4 Å². The van der Waals surface area contributed by atoms with E-state index in [9.17, 15) is 0 Å². The maximum atomic E-state index is 5.17. The second-order valence-electron chi connectivity index (χ2n) is 3.44. The standard InChI is InChI=1S/C12H20N2O/c1-4-5-8-14-11-7-6-10(15-3)9-12(11)13-2/h6-7,9,13-14H,4-5,8H2,1-3H3. The summed E-state index contributed by atoms with van der Waals surface area (Å²) >= 11 is 0. The van der Waals surface area contributed by atoms with Crippen LogP contribution in [0.2, 0.25) is 0 Å². The van der Waals surface area contributed by atoms with Crippen molar-refractivity contribution in [3.05, 3.63) is 18.2 Å². The SMILES string of the molecule is CCCCNc1ccc(OC)cc1NC. The van der Waals surface area contributed by atoms with Crippen molar-refractivity contribution in [1.29, 1.82) is 0 Å². The third-order valence-corrected chi connectivity index (χ3v) is 2.34. The molecule has 0 saturated carbocycles. The first-order valence-corrected chi connectivity index (χ1v) is 5.41. The van der Waals surface area contributed by atoms with Gasteiger partial charge >= 0.3 is 0 Å². The Morgan fingerprint density at radius 3 is 2.67 bits per heavy atom. The van der Waals surface area contributed by atoms with Gasteiger partial charge in [0.1, 0.15) is 5.75 Å². The Morgan fingerprint density at radius 1 is 1.27 bits per heavy atom. The minimum atomic E-state index is 0.875. The highest BCUT2D eigenvalue weighted by Crippen LogP contribution is 2.26. The lowest BCUT2D eigenvalue weighted by Crippen LogP contribution is -2.04. The van der Waals surface area contributed by atoms with E-state index in [-0.39, 0.29) is 0 Å². The van der Waals surface area contributed by atoms with E-state index in [1.165, 1.54) is 12.8 Å². The maximum Gasteiger partial charge on any atom is 0.121 e. The number of ether oxygens (including phenoxy) is 1. The van der Waals surface area contributed by atoms with Crippen molar-refractivity contribution in [3.8, 4) is 5.75 Å². The van der Waals surface area contributed by atoms with E-state index in [0.29, 0.717) is 0 Å². The van der Waals surface area contributed by atoms with Crippen molar-refractivity contribution >= 4 is 11.4 Å². The first kappa shape index (κ1) is 11.7. The average Bonchev–Trinajstić information content (AvgIpc) is 2.29. The Morgan fingerprint density at radius 2 is 2.07 bits per heavy atom. The molecule has 0 saturated heterocycles. The second kappa shape index (κ2) is 6.17. The van der Waals surface area contributed by atoms with Crippen LogP contribution in [0.3, 0.4) is 0 Å². The number of benzene rings is 1. The van der Waals surface area contributed by atoms with Crippen LogP contribution in [0.1, 0.15) is 19.8 Å². The molecule has 0 aliphatic rings. The van der Waals surface area contributed by atoms with Gasteiger partial charge in [-0.2, -0.15) is 0 Å². The molecule has 1 aromatic carbocycles. The molecule has 84 valence electrons. The zero-order chi connectivity index (χ0) is 11.1. The van der Waals surface area contributed by atoms with Crippen LogP contribution in [0.25, 0.3) is 0 Å². The summed E-state index contributed by atoms with van der Waals surface area (Å²) in [7, 11) is 3.60. The van der Waals surface area contributed by atoms with Crippen LogP contribution in [0.15, 0.2) is 18.2 Å². The summed E-state index contributed by atoms with van der Waals surface area (Å²) in [6.45, 7) is 3.20. The van der Waals surface area contributed by atoms with Crippen LogP contribution in [0, 0.1) is 0 Å². The van der Waals surface area contributed by atoms with Gasteiger partial charge in [0.2, 0.25) is 0 Å². The largest absolute Gasteiger partial charge is 0.497 e. The molecule has 0 bridgehead atoms. The zero-order valence-electron chi connectivity index (χ0n) is 9.76. The van der Waals surface area contributed by atoms with Crippen molar-refractivity contribution in [2.24, 2.45) is 0 Å². The van der Waals surface area contributed by atoms with Crippen molar-refractivity contribution in [3.63, 3.8) is 0 Å². The van der Waals surface area contributed by atoms with Crippen LogP contribution in [0.4, 0.5) is 11.4 Å². The highest BCUT2D eigenvalue weighted by atomic mass is 16.5. The van der Waals surface area contributed by atoms with Crippen molar-refractivity contribution < 1.29 is 4.74 Å². The molecule has 0 aliphatic heterocycles. The molecule has 0 aliphatic carbocycles. The molecule has 0 radical (unpaired) electrons. The molecule has 0 heterocycles. The van der Waals surface area contributed by atoms with E-state index >= 15 is 0 Å². The van der Waals surface area contributed by atoms with Crippen LogP contribution < -0.4 is 15.4 Å². The normalized spacial score (nSPS) is 9.80. The number of anilines is 2. The fourth-order valence-electron chi connectivity index (χ4n) is 1.41. The van der Waals surface area contributed by atoms with Gasteiger partial charge in [-0.05, 0) is 18.6 Å². The van der Waals surface area contributed by atoms with E-state index in [2.05, 4.69) is 17.6 Å². The highest BCUT2D eigenvalue weighted by Gasteiger charge is 2.01. The van der Waals surface area contributed by atoms with E-state index in [4.69, 9.17) is 4.74 Å². The number of rotatable bonds is 6. The Bertz CT molecular complexity index is 300. The zero-order valence-corrected chi connectivity index (χ0v) is 9.76. The first-order chi connectivity index (χ1) is 7.31. The van der Waals surface area contributed by atoms with Crippen LogP contribution in [-0.4, -0.2) is 20.7 Å². The lowest BCUT2D eigenvalue weighted by molar-refractivity contribution is 0.415. The molecule has 3 nitrogen and oxygen atoms in total. The third kappa shape index (κ3) is 3.35. The van der Waals surface area contributed by atoms with Crippen molar-refractivity contribution in [2.45, 2.75) is 19.8 Å². The molecular formula is C12H20N2O. The van der Waals surface area contributed by atoms with Gasteiger partial charge in [-0.3, -0.25) is 0 Å². The van der Waals surface area contributed by atoms with Crippen LogP contribution in [-0.2, 0) is 0 Å². The summed E-state index contributed by atoms with van der Waals surface area (Å²) in [6.07, 6.45) is 2.40. The summed E-state index contributed by atoms with van der Waals surface area (Å²) in [5.41, 5.74) is 2.21. The van der Waals surface area contributed by atoms with Gasteiger partial charge in [-0.15, -0.1) is 0 Å². The minimum absolute atomic E-state index is 0.875. The van der Waals surface area contributed by atoms with E-state index in [0.717, 1.165) is 23.7 Å². The molecule has 2 N–H and O–H groups in total. The predicted octanol–water partition coefficient (Wildman–Crippen LogP) is 2.95. The third-order valence-electron chi connectivity index (χ3n) is 2.34. The first-order valence-electron chi connectivity index (χ1n) is 5.41. The van der Waals surface area contributed by atoms with Crippen molar-refractivity contribution in [2.75, 3.05) is 31.3 Å². The topological polar surface area (TPSA) is 33.3 Å². The second-order valence-corrected chi connectivity index (χ2v) is 3.44.